The Morgan fingerprint density at radius 2 is 0.757 bits per heavy atom. The molecule has 0 aromatic heterocycles. The van der Waals surface area contributed by atoms with Gasteiger partial charge in [-0.2, -0.15) is 0 Å². The molecule has 0 rings (SSSR count). The van der Waals surface area contributed by atoms with Crippen LogP contribution in [0.3, 0.4) is 0 Å². The van der Waals surface area contributed by atoms with Crippen molar-refractivity contribution in [1.29, 1.82) is 0 Å². The average molecular weight is 548 g/mol. The zero-order valence-electron chi connectivity index (χ0n) is 20.8. The quantitative estimate of drug-likeness (QED) is 0.0910. The van der Waals surface area contributed by atoms with Crippen molar-refractivity contribution in [3.8, 4) is 0 Å². The van der Waals surface area contributed by atoms with E-state index in [0.29, 0.717) is 25.9 Å². The molecule has 222 valence electrons. The van der Waals surface area contributed by atoms with E-state index in [1.807, 2.05) is 0 Å². The van der Waals surface area contributed by atoms with Crippen molar-refractivity contribution < 1.29 is 54.6 Å². The van der Waals surface area contributed by atoms with E-state index in [9.17, 15) is 24.0 Å². The number of hydrogen-bond acceptors (Lipinski definition) is 13. The maximum absolute atomic E-state index is 10.1. The molecule has 37 heavy (non-hydrogen) atoms. The largest absolute Gasteiger partial charge is 0.480 e. The average Bonchev–Trinajstić information content (AvgIpc) is 2.84. The van der Waals surface area contributed by atoms with E-state index in [1.165, 1.54) is 0 Å². The molecule has 0 amide bonds. The minimum absolute atomic E-state index is 0.278. The van der Waals surface area contributed by atoms with E-state index in [0.717, 1.165) is 25.7 Å². The van der Waals surface area contributed by atoms with Crippen LogP contribution >= 0.6 is 0 Å². The first-order chi connectivity index (χ1) is 17.1. The van der Waals surface area contributed by atoms with Gasteiger partial charge < -0.3 is 70.8 Å². The topological polar surface area (TPSA) is 389 Å². The number of nitrogens with two attached hydrogens (primary N) is 7. The van der Waals surface area contributed by atoms with Crippen LogP contribution in [-0.2, 0) is 24.0 Å². The van der Waals surface area contributed by atoms with Crippen molar-refractivity contribution in [2.75, 3.05) is 32.8 Å². The summed E-state index contributed by atoms with van der Waals surface area (Å²) in [5.74, 6) is -4.98. The Labute approximate surface area is 214 Å². The van der Waals surface area contributed by atoms with Gasteiger partial charge in [0.1, 0.15) is 18.1 Å². The van der Waals surface area contributed by atoms with Crippen molar-refractivity contribution >= 4 is 29.8 Å². The summed E-state index contributed by atoms with van der Waals surface area (Å²) in [6, 6.07) is -2.56. The molecule has 0 saturated heterocycles. The number of carboxylic acid groups (broad SMARTS) is 5. The van der Waals surface area contributed by atoms with Crippen molar-refractivity contribution in [3.05, 3.63) is 0 Å². The summed E-state index contributed by atoms with van der Waals surface area (Å²) >= 11 is 0. The summed E-state index contributed by atoms with van der Waals surface area (Å²) in [4.78, 5) is 48.4. The SMILES string of the molecule is NCC(=O)O.NCC(=O)O.NCCCC[C@H](N)C(=O)O.NCCCC[C@H](N)C(=O)O.N[C@@H](CO)C(=O)O. The summed E-state index contributed by atoms with van der Waals surface area (Å²) in [6.07, 6.45) is 4.33. The first kappa shape index (κ1) is 44.1. The van der Waals surface area contributed by atoms with E-state index in [2.05, 4.69) is 11.5 Å². The number of aliphatic carboxylic acids is 5. The number of carbonyl (C=O) groups is 5. The normalized spacial score (nSPS) is 11.6. The van der Waals surface area contributed by atoms with E-state index >= 15 is 0 Å². The molecule has 18 heteroatoms. The summed E-state index contributed by atoms with van der Waals surface area (Å²) in [5.41, 5.74) is 34.7. The van der Waals surface area contributed by atoms with E-state index < -0.39 is 54.6 Å². The molecule has 0 aliphatic heterocycles. The van der Waals surface area contributed by atoms with Crippen LogP contribution < -0.4 is 40.1 Å². The summed E-state index contributed by atoms with van der Waals surface area (Å²) < 4.78 is 0. The molecule has 0 fully saturated rings. The van der Waals surface area contributed by atoms with Gasteiger partial charge in [-0.05, 0) is 38.8 Å². The summed E-state index contributed by atoms with van der Waals surface area (Å²) in [5, 5.41) is 47.7. The van der Waals surface area contributed by atoms with Gasteiger partial charge in [0.2, 0.25) is 0 Å². The Morgan fingerprint density at radius 3 is 0.865 bits per heavy atom. The van der Waals surface area contributed by atoms with Crippen LogP contribution in [0.1, 0.15) is 38.5 Å². The number of aliphatic hydroxyl groups excluding tert-OH is 1. The zero-order chi connectivity index (χ0) is 30.4. The molecule has 0 heterocycles. The predicted octanol–water partition coefficient (Wildman–Crippen LogP) is -4.50. The van der Waals surface area contributed by atoms with Crippen LogP contribution in [0, 0.1) is 0 Å². The lowest BCUT2D eigenvalue weighted by molar-refractivity contribution is -0.140. The van der Waals surface area contributed by atoms with Crippen LogP contribution in [0.15, 0.2) is 0 Å². The van der Waals surface area contributed by atoms with Gasteiger partial charge in [-0.15, -0.1) is 0 Å². The van der Waals surface area contributed by atoms with Crippen molar-refractivity contribution in [3.63, 3.8) is 0 Å². The second-order valence-electron chi connectivity index (χ2n) is 6.78. The Kier molecular flexibility index (Phi) is 39.3. The Hall–Kier alpha value is -2.97. The lowest BCUT2D eigenvalue weighted by Gasteiger charge is -2.03. The smallest absolute Gasteiger partial charge is 0.322 e. The molecule has 0 aromatic carbocycles. The molecule has 18 nitrogen and oxygen atoms in total. The Bertz CT molecular complexity index is 559. The van der Waals surface area contributed by atoms with Gasteiger partial charge >= 0.3 is 29.8 Å². The van der Waals surface area contributed by atoms with Gasteiger partial charge in [0.15, 0.2) is 0 Å². The van der Waals surface area contributed by atoms with Gasteiger partial charge in [0.05, 0.1) is 19.7 Å². The fourth-order valence-corrected chi connectivity index (χ4v) is 1.34. The van der Waals surface area contributed by atoms with Gasteiger partial charge in [-0.1, -0.05) is 12.8 Å². The molecule has 0 aliphatic carbocycles. The highest BCUT2D eigenvalue weighted by atomic mass is 16.4. The lowest BCUT2D eigenvalue weighted by Crippen LogP contribution is -2.33. The van der Waals surface area contributed by atoms with Crippen LogP contribution in [-0.4, -0.2) is 111 Å². The minimum Gasteiger partial charge on any atom is -0.480 e. The molecule has 0 spiro atoms. The number of hydrogen-bond donors (Lipinski definition) is 13. The first-order valence-corrected chi connectivity index (χ1v) is 10.9. The van der Waals surface area contributed by atoms with Crippen molar-refractivity contribution in [2.45, 2.75) is 56.7 Å². The second-order valence-corrected chi connectivity index (χ2v) is 6.78. The predicted molar refractivity (Wildman–Crippen MR) is 133 cm³/mol. The Balaban J connectivity index is -0.000000119. The van der Waals surface area contributed by atoms with Gasteiger partial charge in [-0.3, -0.25) is 24.0 Å². The molecule has 0 unspecified atom stereocenters. The van der Waals surface area contributed by atoms with Gasteiger partial charge in [0, 0.05) is 0 Å². The van der Waals surface area contributed by atoms with E-state index in [-0.39, 0.29) is 13.1 Å². The molecule has 0 bridgehead atoms. The number of rotatable bonds is 14. The van der Waals surface area contributed by atoms with E-state index in [4.69, 9.17) is 59.3 Å². The van der Waals surface area contributed by atoms with Crippen LogP contribution in [0.25, 0.3) is 0 Å². The third-order valence-electron chi connectivity index (χ3n) is 3.44. The molecular formula is C19H45N7O11. The summed E-state index contributed by atoms with van der Waals surface area (Å²) in [6.45, 7) is 0.147. The Morgan fingerprint density at radius 1 is 0.514 bits per heavy atom. The van der Waals surface area contributed by atoms with Crippen LogP contribution in [0.2, 0.25) is 0 Å². The molecule has 3 atom stereocenters. The van der Waals surface area contributed by atoms with Crippen molar-refractivity contribution in [1.82, 2.24) is 0 Å². The lowest BCUT2D eigenvalue weighted by atomic mass is 10.1. The van der Waals surface area contributed by atoms with E-state index in [1.54, 1.807) is 0 Å². The second kappa shape index (κ2) is 33.0. The maximum Gasteiger partial charge on any atom is 0.322 e. The number of aliphatic hydroxyl groups is 1. The maximum atomic E-state index is 10.1. The highest BCUT2D eigenvalue weighted by Crippen LogP contribution is 1.97. The highest BCUT2D eigenvalue weighted by molar-refractivity contribution is 5.73. The van der Waals surface area contributed by atoms with Crippen LogP contribution in [0.4, 0.5) is 0 Å². The fourth-order valence-electron chi connectivity index (χ4n) is 1.34. The molecular weight excluding hydrogens is 502 g/mol. The number of unbranched alkanes of at least 4 members (excludes halogenated alkanes) is 2. The van der Waals surface area contributed by atoms with Gasteiger partial charge in [-0.25, -0.2) is 0 Å². The molecule has 0 aromatic rings. The molecule has 0 radical (unpaired) electrons. The number of carboxylic acids is 5. The molecule has 20 N–H and O–H groups in total. The molecule has 0 aliphatic rings. The van der Waals surface area contributed by atoms with Crippen LogP contribution in [0.5, 0.6) is 0 Å². The fraction of sp³-hybridized carbons (Fsp3) is 0.737. The monoisotopic (exact) mass is 547 g/mol. The standard InChI is InChI=1S/2C6H14N2O2.C3H7NO3.2C2H5NO2/c2*7-4-2-1-3-5(8)6(9)10;4-2(1-5)3(6)7;2*3-1-2(4)5/h2*5H,1-4,7-8H2,(H,9,10);2,5H,1,4H2,(H,6,7);2*1,3H2,(H,4,5)/t2*5-;2-;;/m000../s1. The third kappa shape index (κ3) is 50.8. The van der Waals surface area contributed by atoms with Crippen molar-refractivity contribution in [2.24, 2.45) is 40.1 Å². The minimum atomic E-state index is -1.18. The highest BCUT2D eigenvalue weighted by Gasteiger charge is 2.10. The summed E-state index contributed by atoms with van der Waals surface area (Å²) in [7, 11) is 0. The first-order valence-electron chi connectivity index (χ1n) is 10.9. The molecule has 0 saturated carbocycles. The van der Waals surface area contributed by atoms with Gasteiger partial charge in [0.25, 0.3) is 0 Å². The third-order valence-corrected chi connectivity index (χ3v) is 3.44. The zero-order valence-corrected chi connectivity index (χ0v) is 20.8.